The van der Waals surface area contributed by atoms with E-state index in [0.717, 1.165) is 21.5 Å². The Balaban J connectivity index is 1.28. The van der Waals surface area contributed by atoms with Gasteiger partial charge in [0.2, 0.25) is 0 Å². The molecule has 2 aromatic heterocycles. The molecule has 0 spiro atoms. The highest BCUT2D eigenvalue weighted by Gasteiger charge is 2.25. The van der Waals surface area contributed by atoms with Gasteiger partial charge >= 0.3 is 0 Å². The van der Waals surface area contributed by atoms with Crippen LogP contribution in [0.1, 0.15) is 55.6 Å². The third kappa shape index (κ3) is 8.09. The zero-order chi connectivity index (χ0) is 56.8. The average molecular weight is 1040 g/mol. The Bertz CT molecular complexity index is 5040. The summed E-state index contributed by atoms with van der Waals surface area (Å²) in [7, 11) is 0. The molecule has 0 aliphatic rings. The summed E-state index contributed by atoms with van der Waals surface area (Å²) in [6.45, 7) is 0. The van der Waals surface area contributed by atoms with Crippen molar-refractivity contribution in [3.05, 3.63) is 238 Å². The van der Waals surface area contributed by atoms with Crippen molar-refractivity contribution in [2.75, 3.05) is 0 Å². The molecule has 0 saturated carbocycles. The Hall–Kier alpha value is -13.3. The van der Waals surface area contributed by atoms with E-state index in [2.05, 4.69) is 65.3 Å². The van der Waals surface area contributed by atoms with Crippen molar-refractivity contribution >= 4 is 43.6 Å². The van der Waals surface area contributed by atoms with Crippen LogP contribution >= 0.6 is 0 Å². The second kappa shape index (κ2) is 20.0. The molecule has 0 atom stereocenters. The lowest BCUT2D eigenvalue weighted by atomic mass is 9.96. The largest absolute Gasteiger partial charge is 0.307 e. The van der Waals surface area contributed by atoms with E-state index in [1.165, 1.54) is 0 Å². The minimum absolute atomic E-state index is 0.253. The second-order valence-electron chi connectivity index (χ2n) is 19.2. The minimum atomic E-state index is 0.253. The number of benzene rings is 10. The zero-order valence-corrected chi connectivity index (χ0v) is 42.7. The summed E-state index contributed by atoms with van der Waals surface area (Å²) in [6.07, 6.45) is 0. The summed E-state index contributed by atoms with van der Waals surface area (Å²) in [5.41, 5.74) is 12.7. The Morgan fingerprint density at radius 1 is 0.220 bits per heavy atom. The lowest BCUT2D eigenvalue weighted by molar-refractivity contribution is 1.09. The van der Waals surface area contributed by atoms with Gasteiger partial charge < -0.3 is 9.13 Å². The first-order valence-electron chi connectivity index (χ1n) is 25.2. The third-order valence-corrected chi connectivity index (χ3v) is 14.9. The maximum atomic E-state index is 11.4. The molecular weight excluding hydrogens is 1010 g/mol. The van der Waals surface area contributed by atoms with Gasteiger partial charge in [-0.2, -0.15) is 52.6 Å². The van der Waals surface area contributed by atoms with Gasteiger partial charge in [0.1, 0.15) is 0 Å². The fourth-order valence-corrected chi connectivity index (χ4v) is 11.1. The average Bonchev–Trinajstić information content (AvgIpc) is 4.17. The van der Waals surface area contributed by atoms with Gasteiger partial charge in [-0.3, -0.25) is 0 Å². The van der Waals surface area contributed by atoms with Crippen LogP contribution in [0.3, 0.4) is 0 Å². The Kier molecular flexibility index (Phi) is 12.1. The molecule has 0 amide bonds. The molecule has 82 heavy (non-hydrogen) atoms. The number of aromatic nitrogens is 2. The summed E-state index contributed by atoms with van der Waals surface area (Å²) in [5.74, 6) is 0. The van der Waals surface area contributed by atoms with E-state index in [1.54, 1.807) is 97.1 Å². The maximum Gasteiger partial charge on any atom is 0.0998 e. The molecule has 0 radical (unpaired) electrons. The lowest BCUT2D eigenvalue weighted by Crippen LogP contribution is -2.06. The Labute approximate surface area is 468 Å². The highest BCUT2D eigenvalue weighted by Crippen LogP contribution is 2.45. The van der Waals surface area contributed by atoms with Gasteiger partial charge in [-0.05, 0) is 147 Å². The molecule has 2 heterocycles. The van der Waals surface area contributed by atoms with Gasteiger partial charge in [-0.1, -0.05) is 84.9 Å². The van der Waals surface area contributed by atoms with Gasteiger partial charge in [-0.25, -0.2) is 0 Å². The molecule has 0 unspecified atom stereocenters. The van der Waals surface area contributed by atoms with E-state index >= 15 is 0 Å². The number of rotatable bonds is 7. The quantitative estimate of drug-likeness (QED) is 0.146. The molecule has 0 aliphatic heterocycles. The number of nitriles is 10. The first kappa shape index (κ1) is 49.6. The van der Waals surface area contributed by atoms with Crippen molar-refractivity contribution < 1.29 is 0 Å². The van der Waals surface area contributed by atoms with Crippen LogP contribution in [-0.2, 0) is 0 Å². The first-order valence-corrected chi connectivity index (χ1v) is 25.2. The van der Waals surface area contributed by atoms with Crippen molar-refractivity contribution in [2.45, 2.75) is 0 Å². The van der Waals surface area contributed by atoms with Gasteiger partial charge in [-0.15, -0.1) is 0 Å². The topological polar surface area (TPSA) is 248 Å². The predicted octanol–water partition coefficient (Wildman–Crippen LogP) is 14.9. The molecule has 0 saturated heterocycles. The molecular formula is C70H30N12. The van der Waals surface area contributed by atoms with E-state index in [1.807, 2.05) is 89.5 Å². The van der Waals surface area contributed by atoms with Crippen LogP contribution < -0.4 is 0 Å². The number of hydrogen-bond donors (Lipinski definition) is 0. The van der Waals surface area contributed by atoms with Crippen LogP contribution in [0.5, 0.6) is 0 Å². The normalized spacial score (nSPS) is 10.6. The smallest absolute Gasteiger partial charge is 0.0998 e. The Morgan fingerprint density at radius 2 is 0.500 bits per heavy atom. The van der Waals surface area contributed by atoms with Crippen LogP contribution in [0.2, 0.25) is 0 Å². The van der Waals surface area contributed by atoms with E-state index in [4.69, 9.17) is 0 Å². The SMILES string of the molecule is N#Cc1cccc(-c2cc(-n3c4cc(-c5ccc(C#N)cc5C#N)ccc4c4ccc(-c5ccc(C#N)cc5C#N)cc43)c(-n3c4cc(-c5ccc(C#N)cc5C#N)ccc4c4ccc(-c5ccc(C#N)cc5C#N)cc43)cc2C#N)c1. The molecule has 12 aromatic rings. The van der Waals surface area contributed by atoms with Crippen molar-refractivity contribution in [2.24, 2.45) is 0 Å². The standard InChI is InChI=1S/C70H30N12/c71-31-41-2-1-3-46(20-41)64-30-70(82-67-27-49(58-14-6-44(34-74)23-53(58)38-78)10-18-62(67)63-19-11-50(28-68(63)82)59-15-7-45(35-75)24-54(59)39-79)69(29-55(64)40-80)81-65-25-47(56-12-4-42(32-72)21-51(56)36-76)8-16-60(65)61-17-9-48(26-66(61)81)57-13-5-43(33-73)22-52(57)37-77/h1-30H. The molecule has 12 nitrogen and oxygen atoms in total. The second-order valence-corrected chi connectivity index (χ2v) is 19.2. The molecule has 0 bridgehead atoms. The van der Waals surface area contributed by atoms with Crippen molar-refractivity contribution in [3.63, 3.8) is 0 Å². The summed E-state index contributed by atoms with van der Waals surface area (Å²) in [4.78, 5) is 0. The van der Waals surface area contributed by atoms with Crippen LogP contribution in [0, 0.1) is 113 Å². The number of nitrogens with zero attached hydrogens (tertiary/aromatic N) is 12. The van der Waals surface area contributed by atoms with Gasteiger partial charge in [0.15, 0.2) is 0 Å². The van der Waals surface area contributed by atoms with E-state index in [0.29, 0.717) is 117 Å². The summed E-state index contributed by atoms with van der Waals surface area (Å²) in [6, 6.07) is 76.2. The molecule has 0 N–H and O–H groups in total. The molecule has 12 rings (SSSR count). The molecule has 12 heteroatoms. The fourth-order valence-electron chi connectivity index (χ4n) is 11.1. The maximum absolute atomic E-state index is 11.4. The zero-order valence-electron chi connectivity index (χ0n) is 42.7. The lowest BCUT2D eigenvalue weighted by Gasteiger charge is -2.20. The Morgan fingerprint density at radius 3 is 0.805 bits per heavy atom. The summed E-state index contributed by atoms with van der Waals surface area (Å²) < 4.78 is 4.12. The van der Waals surface area contributed by atoms with E-state index in [9.17, 15) is 52.6 Å². The van der Waals surface area contributed by atoms with E-state index < -0.39 is 0 Å². The molecule has 0 fully saturated rings. The van der Waals surface area contributed by atoms with Gasteiger partial charge in [0, 0.05) is 27.1 Å². The van der Waals surface area contributed by atoms with Crippen molar-refractivity contribution in [3.8, 4) is 128 Å². The minimum Gasteiger partial charge on any atom is -0.307 e. The van der Waals surface area contributed by atoms with Crippen molar-refractivity contribution in [1.29, 1.82) is 52.6 Å². The molecule has 370 valence electrons. The monoisotopic (exact) mass is 1040 g/mol. The fraction of sp³-hybridized carbons (Fsp3) is 0. The van der Waals surface area contributed by atoms with Crippen LogP contribution in [0.25, 0.3) is 111 Å². The molecule has 0 aliphatic carbocycles. The number of fused-ring (bicyclic) bond motifs is 6. The highest BCUT2D eigenvalue weighted by atomic mass is 15.1. The van der Waals surface area contributed by atoms with Crippen LogP contribution in [0.4, 0.5) is 0 Å². The van der Waals surface area contributed by atoms with Gasteiger partial charge in [0.05, 0.1) is 150 Å². The van der Waals surface area contributed by atoms with Crippen molar-refractivity contribution in [1.82, 2.24) is 9.13 Å². The van der Waals surface area contributed by atoms with Gasteiger partial charge in [0.25, 0.3) is 0 Å². The summed E-state index contributed by atoms with van der Waals surface area (Å²) >= 11 is 0. The number of hydrogen-bond acceptors (Lipinski definition) is 10. The predicted molar refractivity (Wildman–Crippen MR) is 309 cm³/mol. The third-order valence-electron chi connectivity index (χ3n) is 14.9. The molecule has 10 aromatic carbocycles. The van der Waals surface area contributed by atoms with Crippen LogP contribution in [-0.4, -0.2) is 9.13 Å². The van der Waals surface area contributed by atoms with E-state index in [-0.39, 0.29) is 27.8 Å². The highest BCUT2D eigenvalue weighted by molar-refractivity contribution is 6.14. The van der Waals surface area contributed by atoms with Crippen LogP contribution in [0.15, 0.2) is 182 Å². The first-order chi connectivity index (χ1) is 40.2. The summed E-state index contributed by atoms with van der Waals surface area (Å²) in [5, 5.41) is 106.